The molecule has 0 bridgehead atoms. The molecular weight excluding hydrogens is 743 g/mol. The average Bonchev–Trinajstić information content (AvgIpc) is 2.65. The standard InChI is InChI=1S/C16H18I3N3O8/c1-20-14(25)6(4-23)22(2)30-16(28)9-10(17)8(15(26)27)11(18)13(12(9)19)21-7(24)5-29-3/h6,23H,4-5H2,1-3H3,(H,20,25)(H,21,24)(H,26,27). The number of amides is 2. The SMILES string of the molecule is CNC(=O)C(CO)N(C)OC(=O)c1c(I)c(NC(=O)COC)c(I)c(C(=O)O)c1I. The third-order valence-corrected chi connectivity index (χ3v) is 6.90. The van der Waals surface area contributed by atoms with Crippen LogP contribution in [0, 0.1) is 10.7 Å². The summed E-state index contributed by atoms with van der Waals surface area (Å²) in [6.07, 6.45) is 0. The molecule has 0 saturated heterocycles. The summed E-state index contributed by atoms with van der Waals surface area (Å²) in [5, 5.41) is 24.8. The Kier molecular flexibility index (Phi) is 11.1. The second-order valence-electron chi connectivity index (χ2n) is 5.59. The number of hydroxylamine groups is 2. The van der Waals surface area contributed by atoms with Crippen LogP contribution >= 0.6 is 67.8 Å². The molecule has 0 fully saturated rings. The highest BCUT2D eigenvalue weighted by Crippen LogP contribution is 2.36. The van der Waals surface area contributed by atoms with Crippen LogP contribution in [0.5, 0.6) is 0 Å². The van der Waals surface area contributed by atoms with E-state index in [0.717, 1.165) is 5.06 Å². The number of aromatic carboxylic acids is 1. The summed E-state index contributed by atoms with van der Waals surface area (Å²) < 4.78 is 5.33. The highest BCUT2D eigenvalue weighted by Gasteiger charge is 2.32. The smallest absolute Gasteiger partial charge is 0.359 e. The predicted octanol–water partition coefficient (Wildman–Crippen LogP) is 0.894. The molecule has 0 aliphatic heterocycles. The van der Waals surface area contributed by atoms with Gasteiger partial charge in [-0.3, -0.25) is 9.59 Å². The number of halogens is 3. The minimum atomic E-state index is -1.30. The lowest BCUT2D eigenvalue weighted by molar-refractivity contribution is -0.154. The fourth-order valence-corrected chi connectivity index (χ4v) is 6.55. The number of anilines is 1. The number of methoxy groups -OCH3 is 1. The summed E-state index contributed by atoms with van der Waals surface area (Å²) in [5.41, 5.74) is -0.179. The molecule has 166 valence electrons. The Hall–Kier alpha value is -0.830. The monoisotopic (exact) mass is 761 g/mol. The summed E-state index contributed by atoms with van der Waals surface area (Å²) in [7, 11) is 3.97. The number of carboxylic acids is 1. The van der Waals surface area contributed by atoms with E-state index in [1.165, 1.54) is 21.2 Å². The molecule has 0 heterocycles. The van der Waals surface area contributed by atoms with Gasteiger partial charge in [-0.1, -0.05) is 0 Å². The Morgan fingerprint density at radius 1 is 1.10 bits per heavy atom. The van der Waals surface area contributed by atoms with Crippen molar-refractivity contribution in [2.75, 3.05) is 39.7 Å². The number of aliphatic hydroxyl groups excluding tert-OH is 1. The lowest BCUT2D eigenvalue weighted by Crippen LogP contribution is -2.47. The van der Waals surface area contributed by atoms with Gasteiger partial charge in [-0.05, 0) is 67.8 Å². The zero-order valence-electron chi connectivity index (χ0n) is 15.9. The van der Waals surface area contributed by atoms with Gasteiger partial charge in [0, 0.05) is 24.8 Å². The van der Waals surface area contributed by atoms with Crippen LogP contribution in [-0.2, 0) is 19.2 Å². The van der Waals surface area contributed by atoms with Gasteiger partial charge in [-0.2, -0.15) is 0 Å². The van der Waals surface area contributed by atoms with Gasteiger partial charge in [-0.15, -0.1) is 5.06 Å². The molecule has 30 heavy (non-hydrogen) atoms. The summed E-state index contributed by atoms with van der Waals surface area (Å²) >= 11 is 5.28. The second kappa shape index (κ2) is 12.3. The number of carboxylic acid groups (broad SMARTS) is 1. The molecule has 1 atom stereocenters. The van der Waals surface area contributed by atoms with Gasteiger partial charge in [0.2, 0.25) is 11.8 Å². The van der Waals surface area contributed by atoms with E-state index in [0.29, 0.717) is 0 Å². The summed E-state index contributed by atoms with van der Waals surface area (Å²) in [6.45, 7) is -0.892. The largest absolute Gasteiger partial charge is 0.478 e. The van der Waals surface area contributed by atoms with Gasteiger partial charge >= 0.3 is 11.9 Å². The Balaban J connectivity index is 3.48. The van der Waals surface area contributed by atoms with Crippen LogP contribution in [0.15, 0.2) is 0 Å². The third-order valence-electron chi connectivity index (χ3n) is 3.66. The maximum Gasteiger partial charge on any atom is 0.359 e. The van der Waals surface area contributed by atoms with Gasteiger partial charge in [-0.25, -0.2) is 9.59 Å². The van der Waals surface area contributed by atoms with Crippen molar-refractivity contribution in [2.24, 2.45) is 0 Å². The van der Waals surface area contributed by atoms with E-state index in [-0.39, 0.29) is 34.1 Å². The molecule has 0 spiro atoms. The van der Waals surface area contributed by atoms with Crippen LogP contribution in [0.1, 0.15) is 20.7 Å². The molecule has 1 aromatic carbocycles. The van der Waals surface area contributed by atoms with Crippen LogP contribution in [-0.4, -0.2) is 79.5 Å². The molecule has 0 saturated carbocycles. The van der Waals surface area contributed by atoms with E-state index in [1.807, 2.05) is 0 Å². The normalized spacial score (nSPS) is 11.7. The maximum atomic E-state index is 12.9. The maximum absolute atomic E-state index is 12.9. The predicted molar refractivity (Wildman–Crippen MR) is 130 cm³/mol. The van der Waals surface area contributed by atoms with Gasteiger partial charge in [0.25, 0.3) is 0 Å². The summed E-state index contributed by atoms with van der Waals surface area (Å²) in [6, 6.07) is -1.17. The number of ether oxygens (including phenoxy) is 1. The fourth-order valence-electron chi connectivity index (χ4n) is 2.22. The first-order valence-electron chi connectivity index (χ1n) is 8.01. The van der Waals surface area contributed by atoms with Crippen LogP contribution in [0.3, 0.4) is 0 Å². The van der Waals surface area contributed by atoms with E-state index >= 15 is 0 Å². The van der Waals surface area contributed by atoms with E-state index in [4.69, 9.17) is 9.57 Å². The minimum Gasteiger partial charge on any atom is -0.478 e. The Bertz CT molecular complexity index is 865. The molecule has 1 unspecified atom stereocenters. The van der Waals surface area contributed by atoms with Gasteiger partial charge < -0.3 is 30.4 Å². The number of hydrogen-bond donors (Lipinski definition) is 4. The van der Waals surface area contributed by atoms with Crippen molar-refractivity contribution in [3.8, 4) is 0 Å². The van der Waals surface area contributed by atoms with E-state index in [2.05, 4.69) is 10.6 Å². The highest BCUT2D eigenvalue weighted by atomic mass is 127. The number of aliphatic hydroxyl groups is 1. The second-order valence-corrected chi connectivity index (χ2v) is 8.83. The molecule has 0 aliphatic rings. The number of nitrogens with zero attached hydrogens (tertiary/aromatic N) is 1. The van der Waals surface area contributed by atoms with Crippen LogP contribution in [0.4, 0.5) is 5.69 Å². The number of carbonyl (C=O) groups is 4. The lowest BCUT2D eigenvalue weighted by atomic mass is 10.1. The molecule has 1 rings (SSSR count). The van der Waals surface area contributed by atoms with Crippen LogP contribution in [0.25, 0.3) is 0 Å². The summed E-state index contributed by atoms with van der Waals surface area (Å²) in [5.74, 6) is -3.39. The third kappa shape index (κ3) is 6.34. The Morgan fingerprint density at radius 2 is 1.67 bits per heavy atom. The highest BCUT2D eigenvalue weighted by molar-refractivity contribution is 14.1. The first kappa shape index (κ1) is 27.2. The van der Waals surface area contributed by atoms with E-state index < -0.39 is 36.4 Å². The van der Waals surface area contributed by atoms with Crippen LogP contribution < -0.4 is 10.6 Å². The van der Waals surface area contributed by atoms with Crippen molar-refractivity contribution in [2.45, 2.75) is 6.04 Å². The minimum absolute atomic E-state index is 0.0949. The molecule has 0 aromatic heterocycles. The summed E-state index contributed by atoms with van der Waals surface area (Å²) in [4.78, 5) is 53.7. The van der Waals surface area contributed by atoms with Crippen molar-refractivity contribution in [1.82, 2.24) is 10.4 Å². The zero-order chi connectivity index (χ0) is 23.2. The van der Waals surface area contributed by atoms with Crippen molar-refractivity contribution in [3.05, 3.63) is 21.8 Å². The van der Waals surface area contributed by atoms with Crippen molar-refractivity contribution in [3.63, 3.8) is 0 Å². The number of hydrogen-bond acceptors (Lipinski definition) is 8. The molecule has 0 radical (unpaired) electrons. The van der Waals surface area contributed by atoms with Crippen molar-refractivity contribution >= 4 is 97.2 Å². The van der Waals surface area contributed by atoms with Gasteiger partial charge in [0.05, 0.1) is 30.6 Å². The number of carbonyl (C=O) groups excluding carboxylic acids is 3. The first-order chi connectivity index (χ1) is 14.0. The number of benzene rings is 1. The fraction of sp³-hybridized carbons (Fsp3) is 0.375. The molecule has 4 N–H and O–H groups in total. The Morgan fingerprint density at radius 3 is 2.13 bits per heavy atom. The number of nitrogens with one attached hydrogen (secondary N) is 2. The molecule has 14 heteroatoms. The number of rotatable bonds is 9. The average molecular weight is 761 g/mol. The zero-order valence-corrected chi connectivity index (χ0v) is 22.4. The topological polar surface area (TPSA) is 154 Å². The lowest BCUT2D eigenvalue weighted by Gasteiger charge is -2.24. The molecule has 0 aliphatic carbocycles. The number of likely N-dealkylation sites (N-methyl/N-ethyl adjacent to an activating group) is 2. The van der Waals surface area contributed by atoms with Gasteiger partial charge in [0.15, 0.2) is 0 Å². The van der Waals surface area contributed by atoms with Crippen molar-refractivity contribution in [1.29, 1.82) is 0 Å². The Labute approximate surface area is 212 Å². The molecule has 2 amide bonds. The van der Waals surface area contributed by atoms with E-state index in [9.17, 15) is 29.4 Å². The molecule has 11 nitrogen and oxygen atoms in total. The van der Waals surface area contributed by atoms with Crippen molar-refractivity contribution < 1.29 is 39.0 Å². The van der Waals surface area contributed by atoms with Crippen LogP contribution in [0.2, 0.25) is 0 Å². The quantitative estimate of drug-likeness (QED) is 0.213. The molecule has 1 aromatic rings. The van der Waals surface area contributed by atoms with E-state index in [1.54, 1.807) is 67.8 Å². The first-order valence-corrected chi connectivity index (χ1v) is 11.2. The molecular formula is C16H18I3N3O8. The van der Waals surface area contributed by atoms with Gasteiger partial charge in [0.1, 0.15) is 12.6 Å².